The van der Waals surface area contributed by atoms with Crippen LogP contribution in [-0.4, -0.2) is 83.3 Å². The van der Waals surface area contributed by atoms with E-state index in [0.717, 1.165) is 114 Å². The number of aliphatic hydroxyl groups excluding tert-OH is 2. The van der Waals surface area contributed by atoms with Gasteiger partial charge in [-0.3, -0.25) is 9.59 Å². The lowest BCUT2D eigenvalue weighted by molar-refractivity contribution is -0.193. The van der Waals surface area contributed by atoms with Gasteiger partial charge in [0.15, 0.2) is 11.5 Å². The number of carbonyl (C=O) groups excluding carboxylic acids is 3. The molecular weight excluding hydrogens is 845 g/mol. The summed E-state index contributed by atoms with van der Waals surface area (Å²) in [6, 6.07) is 3.91. The molecule has 12 rings (SSSR count). The highest BCUT2D eigenvalue weighted by Gasteiger charge is 2.66. The van der Waals surface area contributed by atoms with Crippen molar-refractivity contribution in [2.75, 3.05) is 26.3 Å². The number of carbonyl (C=O) groups is 3. The van der Waals surface area contributed by atoms with E-state index in [-0.39, 0.29) is 77.0 Å². The Labute approximate surface area is 398 Å². The van der Waals surface area contributed by atoms with Crippen molar-refractivity contribution >= 4 is 17.8 Å². The number of aliphatic hydroxyl groups is 2. The van der Waals surface area contributed by atoms with E-state index < -0.39 is 46.0 Å². The van der Waals surface area contributed by atoms with Gasteiger partial charge >= 0.3 is 11.9 Å². The smallest absolute Gasteiger partial charge is 0.332 e. The number of esters is 2. The predicted octanol–water partition coefficient (Wildman–Crippen LogP) is 8.35. The SMILES string of the molecule is CC(=O)OC1CC(C2(C(C)O)CCCC2)CC#CC2CC3c4c(ccc(O)c4OCC3C3(CO)CCCC3)C2C2(CCNCC2)C2OC(=O)C34CCCCC3CC3(CCCC3CCC12)C(=O)N4. The largest absolute Gasteiger partial charge is 0.504 e. The summed E-state index contributed by atoms with van der Waals surface area (Å²) in [5.74, 6) is 7.16. The molecule has 5 N–H and O–H groups in total. The lowest BCUT2D eigenvalue weighted by Gasteiger charge is -2.57. The van der Waals surface area contributed by atoms with Gasteiger partial charge in [0.2, 0.25) is 5.91 Å². The second-order valence-corrected chi connectivity index (χ2v) is 24.1. The number of hydrogen-bond acceptors (Lipinski definition) is 10. The van der Waals surface area contributed by atoms with Crippen LogP contribution < -0.4 is 15.4 Å². The monoisotopic (exact) mass is 923 g/mol. The molecule has 3 spiro atoms. The average molecular weight is 923 g/mol. The summed E-state index contributed by atoms with van der Waals surface area (Å²) in [5, 5.41) is 42.1. The van der Waals surface area contributed by atoms with E-state index in [4.69, 9.17) is 14.2 Å². The summed E-state index contributed by atoms with van der Waals surface area (Å²) in [6.07, 6.45) is 17.3. The predicted molar refractivity (Wildman–Crippen MR) is 252 cm³/mol. The third-order valence-corrected chi connectivity index (χ3v) is 21.5. The fraction of sp³-hybridized carbons (Fsp3) is 0.804. The maximum Gasteiger partial charge on any atom is 0.332 e. The summed E-state index contributed by atoms with van der Waals surface area (Å²) >= 11 is 0. The van der Waals surface area contributed by atoms with Crippen LogP contribution in [0.2, 0.25) is 0 Å². The Morgan fingerprint density at radius 3 is 2.39 bits per heavy atom. The van der Waals surface area contributed by atoms with Crippen LogP contribution in [0.5, 0.6) is 11.5 Å². The molecule has 5 aliphatic heterocycles. The maximum absolute atomic E-state index is 16.0. The Kier molecular flexibility index (Phi) is 12.0. The third-order valence-electron chi connectivity index (χ3n) is 21.5. The van der Waals surface area contributed by atoms with Crippen molar-refractivity contribution in [3.8, 4) is 23.3 Å². The van der Waals surface area contributed by atoms with Crippen molar-refractivity contribution < 1.29 is 43.9 Å². The number of hydrogen-bond donors (Lipinski definition) is 5. The van der Waals surface area contributed by atoms with Gasteiger partial charge in [-0.15, -0.1) is 5.92 Å². The minimum absolute atomic E-state index is 0.00393. The Balaban J connectivity index is 1.15. The van der Waals surface area contributed by atoms with Crippen LogP contribution in [0.15, 0.2) is 12.1 Å². The molecule has 11 nitrogen and oxygen atoms in total. The van der Waals surface area contributed by atoms with Crippen LogP contribution in [0.3, 0.4) is 0 Å². The van der Waals surface area contributed by atoms with Gasteiger partial charge in [0.1, 0.15) is 17.7 Å². The summed E-state index contributed by atoms with van der Waals surface area (Å²) < 4.78 is 21.1. The molecule has 1 amide bonds. The molecule has 8 fully saturated rings. The third kappa shape index (κ3) is 7.15. The Morgan fingerprint density at radius 2 is 1.64 bits per heavy atom. The molecule has 4 saturated carbocycles. The molecule has 5 heterocycles. The summed E-state index contributed by atoms with van der Waals surface area (Å²) in [4.78, 5) is 44.6. The second kappa shape index (κ2) is 17.5. The van der Waals surface area contributed by atoms with Crippen LogP contribution in [0, 0.1) is 69.0 Å². The minimum Gasteiger partial charge on any atom is -0.504 e. The zero-order chi connectivity index (χ0) is 46.3. The lowest BCUT2D eigenvalue weighted by Crippen LogP contribution is -2.69. The van der Waals surface area contributed by atoms with Crippen LogP contribution in [0.4, 0.5) is 0 Å². The van der Waals surface area contributed by atoms with Crippen molar-refractivity contribution in [2.24, 2.45) is 57.2 Å². The number of ether oxygens (including phenoxy) is 3. The number of piperidine rings is 2. The van der Waals surface area contributed by atoms with Crippen molar-refractivity contribution in [3.63, 3.8) is 0 Å². The van der Waals surface area contributed by atoms with Gasteiger partial charge in [0.05, 0.1) is 18.1 Å². The molecule has 67 heavy (non-hydrogen) atoms. The number of amides is 1. The molecule has 1 aromatic carbocycles. The first-order chi connectivity index (χ1) is 32.4. The standard InChI is InChI=1S/C56H78N2O9/c1-34(60)53(21-7-8-22-53)38-13-9-11-36-29-42-43(52(33-59)19-5-6-20-52)32-65-48-44(62)18-17-41(46(42)48)47(36)54(25-27-57-28-26-54)49-40(45(30-38)66-35(2)61)16-15-37-14-10-23-55(37)31-39-12-3-4-24-56(39,51(64)67-49)58-50(55)63/h17-18,34,36-40,42-43,45,47,49,57,59-60,62H,3-8,10,12-16,19-33H2,1-2H3,(H,58,63). The normalized spacial score (nSPS) is 40.8. The van der Waals surface area contributed by atoms with E-state index >= 15 is 4.79 Å². The van der Waals surface area contributed by atoms with E-state index in [9.17, 15) is 24.9 Å². The number of nitrogens with one attached hydrogen (secondary N) is 2. The average Bonchev–Trinajstić information content (AvgIpc) is 4.11. The van der Waals surface area contributed by atoms with Crippen molar-refractivity contribution in [1.82, 2.24) is 10.6 Å². The topological polar surface area (TPSA) is 164 Å². The Hall–Kier alpha value is -3.33. The van der Waals surface area contributed by atoms with E-state index in [1.165, 1.54) is 6.92 Å². The van der Waals surface area contributed by atoms with Gasteiger partial charge in [-0.25, -0.2) is 4.79 Å². The van der Waals surface area contributed by atoms with Crippen LogP contribution in [-0.2, 0) is 23.9 Å². The lowest BCUT2D eigenvalue weighted by atomic mass is 9.50. The molecule has 2 bridgehead atoms. The van der Waals surface area contributed by atoms with Gasteiger partial charge in [0, 0.05) is 60.0 Å². The van der Waals surface area contributed by atoms with Crippen molar-refractivity contribution in [2.45, 2.75) is 197 Å². The summed E-state index contributed by atoms with van der Waals surface area (Å²) in [6.45, 7) is 5.38. The van der Waals surface area contributed by atoms with Gasteiger partial charge in [-0.1, -0.05) is 56.9 Å². The first-order valence-corrected chi connectivity index (χ1v) is 27.1. The van der Waals surface area contributed by atoms with Gasteiger partial charge < -0.3 is 40.2 Å². The van der Waals surface area contributed by atoms with Crippen molar-refractivity contribution in [1.29, 1.82) is 0 Å². The Morgan fingerprint density at radius 1 is 0.896 bits per heavy atom. The fourth-order valence-corrected chi connectivity index (χ4v) is 18.3. The maximum atomic E-state index is 16.0. The molecular formula is C56H78N2O9. The fourth-order valence-electron chi connectivity index (χ4n) is 18.3. The molecule has 11 heteroatoms. The number of rotatable bonds is 5. The van der Waals surface area contributed by atoms with E-state index in [2.05, 4.69) is 28.5 Å². The molecule has 4 saturated heterocycles. The second-order valence-electron chi connectivity index (χ2n) is 24.1. The molecule has 13 atom stereocenters. The van der Waals surface area contributed by atoms with Crippen LogP contribution >= 0.6 is 0 Å². The number of benzene rings is 1. The highest BCUT2D eigenvalue weighted by atomic mass is 16.6. The molecule has 6 aliphatic carbocycles. The minimum atomic E-state index is -1.13. The molecule has 1 aromatic rings. The summed E-state index contributed by atoms with van der Waals surface area (Å²) in [7, 11) is 0. The zero-order valence-corrected chi connectivity index (χ0v) is 40.4. The molecule has 13 unspecified atom stereocenters. The number of phenols is 1. The van der Waals surface area contributed by atoms with Gasteiger partial charge in [-0.05, 0) is 157 Å². The van der Waals surface area contributed by atoms with Gasteiger partial charge in [0.25, 0.3) is 0 Å². The zero-order valence-electron chi connectivity index (χ0n) is 40.4. The highest BCUT2D eigenvalue weighted by molar-refractivity contribution is 5.93. The molecule has 0 radical (unpaired) electrons. The van der Waals surface area contributed by atoms with E-state index in [0.29, 0.717) is 70.4 Å². The number of aromatic hydroxyl groups is 1. The van der Waals surface area contributed by atoms with Gasteiger partial charge in [-0.2, -0.15) is 0 Å². The molecule has 0 aromatic heterocycles. The first-order valence-electron chi connectivity index (χ1n) is 27.1. The van der Waals surface area contributed by atoms with Crippen LogP contribution in [0.25, 0.3) is 0 Å². The van der Waals surface area contributed by atoms with Crippen molar-refractivity contribution in [3.05, 3.63) is 23.3 Å². The quantitative estimate of drug-likeness (QED) is 0.143. The Bertz CT molecular complexity index is 2140. The number of fused-ring (bicyclic) bond motifs is 6. The molecule has 11 aliphatic rings. The first kappa shape index (κ1) is 46.1. The number of phenolic OH excluding ortho intramolecular Hbond substituents is 1. The van der Waals surface area contributed by atoms with E-state index in [1.54, 1.807) is 6.07 Å². The highest BCUT2D eigenvalue weighted by Crippen LogP contribution is 2.66. The summed E-state index contributed by atoms with van der Waals surface area (Å²) in [5.41, 5.74) is -0.907. The molecule has 366 valence electrons. The van der Waals surface area contributed by atoms with E-state index in [1.807, 2.05) is 6.92 Å². The van der Waals surface area contributed by atoms with Crippen LogP contribution in [0.1, 0.15) is 184 Å².